The molecule has 0 aromatic heterocycles. The lowest BCUT2D eigenvalue weighted by atomic mass is 9.99. The lowest BCUT2D eigenvalue weighted by Crippen LogP contribution is -2.14. The second-order valence-corrected chi connectivity index (χ2v) is 6.83. The van der Waals surface area contributed by atoms with Crippen LogP contribution in [0.3, 0.4) is 0 Å². The van der Waals surface area contributed by atoms with Gasteiger partial charge in [-0.15, -0.1) is 0 Å². The lowest BCUT2D eigenvalue weighted by Gasteiger charge is -2.21. The molecule has 1 aliphatic rings. The van der Waals surface area contributed by atoms with Crippen LogP contribution in [-0.2, 0) is 20.9 Å². The molecule has 0 saturated heterocycles. The number of nitrogens with one attached hydrogen (secondary N) is 1. The van der Waals surface area contributed by atoms with Crippen LogP contribution in [0.1, 0.15) is 46.0 Å². The quantitative estimate of drug-likeness (QED) is 0.591. The Morgan fingerprint density at radius 1 is 1.19 bits per heavy atom. The third kappa shape index (κ3) is 4.91. The van der Waals surface area contributed by atoms with Crippen molar-refractivity contribution in [3.05, 3.63) is 0 Å². The molecule has 0 spiro atoms. The fourth-order valence-corrected chi connectivity index (χ4v) is 3.53. The molecule has 0 atom stereocenters. The first-order valence-electron chi connectivity index (χ1n) is 5.92. The lowest BCUT2D eigenvalue weighted by molar-refractivity contribution is 0.259. The second-order valence-electron chi connectivity index (χ2n) is 3.67. The van der Waals surface area contributed by atoms with Gasteiger partial charge >= 0.3 is 6.64 Å². The van der Waals surface area contributed by atoms with E-state index in [1.165, 1.54) is 25.0 Å². The minimum atomic E-state index is -2.39. The van der Waals surface area contributed by atoms with Gasteiger partial charge in [-0.1, -0.05) is 6.42 Å². The topological polar surface area (TPSA) is 42.8 Å². The molecular weight excluding hydrogens is 243 g/mol. The Morgan fingerprint density at radius 2 is 1.75 bits per heavy atom. The van der Waals surface area contributed by atoms with Crippen LogP contribution in [0.5, 0.6) is 0 Å². The molecule has 0 bridgehead atoms. The molecule has 0 heterocycles. The van der Waals surface area contributed by atoms with Gasteiger partial charge in [-0.25, -0.2) is 5.20 Å². The highest BCUT2D eigenvalue weighted by molar-refractivity contribution is 8.08. The van der Waals surface area contributed by atoms with E-state index in [0.29, 0.717) is 13.2 Å². The van der Waals surface area contributed by atoms with Crippen molar-refractivity contribution in [2.45, 2.75) is 46.0 Å². The largest absolute Gasteiger partial charge is 0.313 e. The van der Waals surface area contributed by atoms with Gasteiger partial charge in [-0.2, -0.15) is 5.10 Å². The Hall–Kier alpha value is 0.0400. The molecule has 0 amide bonds. The molecular formula is C10H21N2O2PS. The summed E-state index contributed by atoms with van der Waals surface area (Å²) in [6.07, 6.45) is 5.91. The average molecular weight is 264 g/mol. The van der Waals surface area contributed by atoms with Gasteiger partial charge < -0.3 is 9.05 Å². The van der Waals surface area contributed by atoms with Gasteiger partial charge in [0.2, 0.25) is 0 Å². The fraction of sp³-hybridized carbons (Fsp3) is 0.900. The highest BCUT2D eigenvalue weighted by Crippen LogP contribution is 2.43. The molecule has 0 aliphatic heterocycles. The molecule has 0 aromatic rings. The zero-order valence-electron chi connectivity index (χ0n) is 10.1. The van der Waals surface area contributed by atoms with E-state index in [1.54, 1.807) is 0 Å². The van der Waals surface area contributed by atoms with Crippen molar-refractivity contribution >= 4 is 24.2 Å². The SMILES string of the molecule is CCOP(=S)(NN=C1CCCCC1)OCC. The van der Waals surface area contributed by atoms with Crippen LogP contribution < -0.4 is 5.20 Å². The first kappa shape index (κ1) is 14.1. The van der Waals surface area contributed by atoms with Gasteiger partial charge in [0.15, 0.2) is 0 Å². The maximum atomic E-state index is 5.45. The normalized spacial score (nSPS) is 17.2. The third-order valence-electron chi connectivity index (χ3n) is 2.36. The summed E-state index contributed by atoms with van der Waals surface area (Å²) in [5, 5.41) is 7.29. The standard InChI is InChI=1S/C10H21N2O2PS/c1-3-13-15(16,14-4-2)12-11-10-8-6-5-7-9-10/h3-9H2,1-2H3,(H,12,16). The van der Waals surface area contributed by atoms with E-state index >= 15 is 0 Å². The van der Waals surface area contributed by atoms with Crippen LogP contribution in [0.2, 0.25) is 0 Å². The minimum absolute atomic E-state index is 0.551. The number of hydrogen-bond donors (Lipinski definition) is 1. The van der Waals surface area contributed by atoms with E-state index in [4.69, 9.17) is 20.9 Å². The smallest absolute Gasteiger partial charge is 0.303 e. The maximum Gasteiger partial charge on any atom is 0.303 e. The Labute approximate surface area is 103 Å². The van der Waals surface area contributed by atoms with Crippen LogP contribution in [0.4, 0.5) is 0 Å². The van der Waals surface area contributed by atoms with Crippen molar-refractivity contribution < 1.29 is 9.05 Å². The van der Waals surface area contributed by atoms with Crippen molar-refractivity contribution in [2.24, 2.45) is 5.10 Å². The van der Waals surface area contributed by atoms with E-state index in [-0.39, 0.29) is 0 Å². The Morgan fingerprint density at radius 3 is 2.25 bits per heavy atom. The zero-order chi connectivity index (χ0) is 11.9. The molecule has 1 N–H and O–H groups in total. The Kier molecular flexibility index (Phi) is 6.51. The van der Waals surface area contributed by atoms with E-state index in [0.717, 1.165) is 12.8 Å². The molecule has 4 nitrogen and oxygen atoms in total. The van der Waals surface area contributed by atoms with E-state index in [1.807, 2.05) is 13.8 Å². The van der Waals surface area contributed by atoms with Crippen molar-refractivity contribution in [3.63, 3.8) is 0 Å². The predicted octanol–water partition coefficient (Wildman–Crippen LogP) is 3.19. The Bertz CT molecular complexity index is 266. The summed E-state index contributed by atoms with van der Waals surface area (Å²) >= 11 is 5.32. The van der Waals surface area contributed by atoms with E-state index in [2.05, 4.69) is 10.3 Å². The first-order chi connectivity index (χ1) is 7.70. The van der Waals surface area contributed by atoms with Crippen molar-refractivity contribution in [3.8, 4) is 0 Å². The van der Waals surface area contributed by atoms with Gasteiger partial charge in [0.25, 0.3) is 0 Å². The van der Waals surface area contributed by atoms with Crippen LogP contribution in [0.15, 0.2) is 5.10 Å². The number of hydrazone groups is 1. The summed E-state index contributed by atoms with van der Waals surface area (Å²) in [6, 6.07) is 0. The molecule has 6 heteroatoms. The average Bonchev–Trinajstić information content (AvgIpc) is 2.29. The van der Waals surface area contributed by atoms with Gasteiger partial charge in [0, 0.05) is 5.71 Å². The molecule has 1 fully saturated rings. The highest BCUT2D eigenvalue weighted by Gasteiger charge is 2.17. The van der Waals surface area contributed by atoms with Gasteiger partial charge in [-0.05, 0) is 51.3 Å². The number of rotatable bonds is 6. The Balaban J connectivity index is 2.50. The predicted molar refractivity (Wildman–Crippen MR) is 71.2 cm³/mol. The van der Waals surface area contributed by atoms with E-state index < -0.39 is 6.64 Å². The molecule has 0 aromatic carbocycles. The molecule has 94 valence electrons. The monoisotopic (exact) mass is 264 g/mol. The van der Waals surface area contributed by atoms with Gasteiger partial charge in [-0.3, -0.25) is 0 Å². The second kappa shape index (κ2) is 7.38. The highest BCUT2D eigenvalue weighted by atomic mass is 32.5. The van der Waals surface area contributed by atoms with Crippen LogP contribution >= 0.6 is 6.64 Å². The number of nitrogens with zero attached hydrogens (tertiary/aromatic N) is 1. The fourth-order valence-electron chi connectivity index (χ4n) is 1.64. The summed E-state index contributed by atoms with van der Waals surface area (Å²) in [6.45, 7) is 2.54. The van der Waals surface area contributed by atoms with Crippen LogP contribution in [0, 0.1) is 0 Å². The summed E-state index contributed by atoms with van der Waals surface area (Å²) in [5.74, 6) is 0. The summed E-state index contributed by atoms with van der Waals surface area (Å²) in [7, 11) is 0. The van der Waals surface area contributed by atoms with Crippen molar-refractivity contribution in [2.75, 3.05) is 13.2 Å². The zero-order valence-corrected chi connectivity index (χ0v) is 11.8. The molecule has 1 rings (SSSR count). The van der Waals surface area contributed by atoms with E-state index in [9.17, 15) is 0 Å². The summed E-state index contributed by atoms with van der Waals surface area (Å²) in [4.78, 5) is 0. The third-order valence-corrected chi connectivity index (χ3v) is 4.78. The van der Waals surface area contributed by atoms with Crippen molar-refractivity contribution in [1.82, 2.24) is 5.20 Å². The number of hydrogen-bond acceptors (Lipinski definition) is 4. The molecule has 0 unspecified atom stereocenters. The van der Waals surface area contributed by atoms with Crippen LogP contribution in [0.25, 0.3) is 0 Å². The molecule has 1 saturated carbocycles. The summed E-state index contributed by atoms with van der Waals surface area (Å²) < 4.78 is 10.9. The maximum absolute atomic E-state index is 5.45. The van der Waals surface area contributed by atoms with Gasteiger partial charge in [0.1, 0.15) is 0 Å². The molecule has 0 radical (unpaired) electrons. The summed E-state index contributed by atoms with van der Waals surface area (Å²) in [5.41, 5.74) is 1.19. The molecule has 1 aliphatic carbocycles. The van der Waals surface area contributed by atoms with Crippen molar-refractivity contribution in [1.29, 1.82) is 0 Å². The minimum Gasteiger partial charge on any atom is -0.313 e. The first-order valence-corrected chi connectivity index (χ1v) is 8.56. The van der Waals surface area contributed by atoms with Crippen LogP contribution in [-0.4, -0.2) is 18.9 Å². The molecule has 16 heavy (non-hydrogen) atoms. The van der Waals surface area contributed by atoms with Gasteiger partial charge in [0.05, 0.1) is 13.2 Å².